The lowest BCUT2D eigenvalue weighted by molar-refractivity contribution is -0.127. The van der Waals surface area contributed by atoms with E-state index < -0.39 is 10.0 Å². The fraction of sp³-hybridized carbons (Fsp3) is 0.556. The summed E-state index contributed by atoms with van der Waals surface area (Å²) < 4.78 is 27.1. The molecule has 2 amide bonds. The first-order chi connectivity index (χ1) is 12.4. The zero-order chi connectivity index (χ0) is 19.0. The normalized spacial score (nSPS) is 14.7. The molecule has 144 valence electrons. The maximum absolute atomic E-state index is 12.3. The molecular formula is C18H27N3O4S. The summed E-state index contributed by atoms with van der Waals surface area (Å²) in [6, 6.07) is 6.79. The van der Waals surface area contributed by atoms with Crippen LogP contribution in [0.15, 0.2) is 29.2 Å². The number of carbonyl (C=O) groups is 2. The molecule has 1 fully saturated rings. The van der Waals surface area contributed by atoms with Crippen molar-refractivity contribution in [3.63, 3.8) is 0 Å². The van der Waals surface area contributed by atoms with Gasteiger partial charge in [0.15, 0.2) is 0 Å². The Bertz CT molecular complexity index is 716. The van der Waals surface area contributed by atoms with Crippen LogP contribution < -0.4 is 10.0 Å². The molecule has 1 aromatic rings. The van der Waals surface area contributed by atoms with E-state index in [1.807, 2.05) is 4.90 Å². The van der Waals surface area contributed by atoms with Crippen LogP contribution in [-0.4, -0.2) is 51.3 Å². The van der Waals surface area contributed by atoms with Gasteiger partial charge in [0.25, 0.3) is 0 Å². The van der Waals surface area contributed by atoms with Crippen molar-refractivity contribution in [3.8, 4) is 0 Å². The minimum atomic E-state index is -3.52. The number of unbranched alkanes of at least 4 members (excludes halogenated alkanes) is 1. The second kappa shape index (κ2) is 9.68. The Labute approximate surface area is 155 Å². The van der Waals surface area contributed by atoms with Crippen molar-refractivity contribution in [3.05, 3.63) is 29.8 Å². The third-order valence-electron chi connectivity index (χ3n) is 4.35. The van der Waals surface area contributed by atoms with Crippen molar-refractivity contribution in [2.75, 3.05) is 26.2 Å². The fourth-order valence-corrected chi connectivity index (χ4v) is 3.92. The van der Waals surface area contributed by atoms with Gasteiger partial charge in [-0.15, -0.1) is 0 Å². The van der Waals surface area contributed by atoms with Crippen LogP contribution in [0.3, 0.4) is 0 Å². The fourth-order valence-electron chi connectivity index (χ4n) is 2.84. The average Bonchev–Trinajstić information content (AvgIpc) is 3.01. The predicted molar refractivity (Wildman–Crippen MR) is 99.1 cm³/mol. The predicted octanol–water partition coefficient (Wildman–Crippen LogP) is 1.05. The zero-order valence-corrected chi connectivity index (χ0v) is 16.0. The minimum Gasteiger partial charge on any atom is -0.356 e. The lowest BCUT2D eigenvalue weighted by Gasteiger charge is -2.15. The van der Waals surface area contributed by atoms with Crippen LogP contribution in [0.5, 0.6) is 0 Å². The van der Waals surface area contributed by atoms with Crippen molar-refractivity contribution >= 4 is 21.8 Å². The SMILES string of the molecule is CC(=O)NCCCCNS(=O)(=O)c1ccc(CCN2CCCC2=O)cc1. The Balaban J connectivity index is 1.76. The molecular weight excluding hydrogens is 354 g/mol. The summed E-state index contributed by atoms with van der Waals surface area (Å²) >= 11 is 0. The largest absolute Gasteiger partial charge is 0.356 e. The van der Waals surface area contributed by atoms with Gasteiger partial charge in [-0.05, 0) is 43.4 Å². The van der Waals surface area contributed by atoms with Gasteiger partial charge in [-0.2, -0.15) is 0 Å². The molecule has 8 heteroatoms. The molecule has 1 heterocycles. The molecule has 0 bridgehead atoms. The number of carbonyl (C=O) groups excluding carboxylic acids is 2. The Morgan fingerprint density at radius 3 is 2.46 bits per heavy atom. The van der Waals surface area contributed by atoms with Gasteiger partial charge in [0.2, 0.25) is 21.8 Å². The van der Waals surface area contributed by atoms with Crippen molar-refractivity contribution in [1.29, 1.82) is 0 Å². The van der Waals surface area contributed by atoms with Gasteiger partial charge >= 0.3 is 0 Å². The first-order valence-corrected chi connectivity index (χ1v) is 10.5. The molecule has 0 aliphatic carbocycles. The van der Waals surface area contributed by atoms with Gasteiger partial charge in [0.1, 0.15) is 0 Å². The minimum absolute atomic E-state index is 0.0835. The molecule has 0 radical (unpaired) electrons. The van der Waals surface area contributed by atoms with Crippen molar-refractivity contribution in [2.24, 2.45) is 0 Å². The van der Waals surface area contributed by atoms with Crippen LogP contribution >= 0.6 is 0 Å². The van der Waals surface area contributed by atoms with Crippen LogP contribution in [-0.2, 0) is 26.0 Å². The van der Waals surface area contributed by atoms with Gasteiger partial charge in [-0.3, -0.25) is 9.59 Å². The van der Waals surface area contributed by atoms with Crippen molar-refractivity contribution in [1.82, 2.24) is 14.9 Å². The highest BCUT2D eigenvalue weighted by atomic mass is 32.2. The van der Waals surface area contributed by atoms with E-state index in [2.05, 4.69) is 10.0 Å². The van der Waals surface area contributed by atoms with E-state index in [1.165, 1.54) is 6.92 Å². The molecule has 26 heavy (non-hydrogen) atoms. The number of rotatable bonds is 10. The van der Waals surface area contributed by atoms with Crippen LogP contribution in [0, 0.1) is 0 Å². The molecule has 1 aromatic carbocycles. The maximum Gasteiger partial charge on any atom is 0.240 e. The Morgan fingerprint density at radius 2 is 1.85 bits per heavy atom. The van der Waals surface area contributed by atoms with Gasteiger partial charge in [-0.1, -0.05) is 12.1 Å². The van der Waals surface area contributed by atoms with Crippen LogP contribution in [0.4, 0.5) is 0 Å². The smallest absolute Gasteiger partial charge is 0.240 e. The van der Waals surface area contributed by atoms with E-state index in [-0.39, 0.29) is 16.7 Å². The summed E-state index contributed by atoms with van der Waals surface area (Å²) in [5.74, 6) is 0.117. The molecule has 0 atom stereocenters. The van der Waals surface area contributed by atoms with Crippen molar-refractivity contribution < 1.29 is 18.0 Å². The highest BCUT2D eigenvalue weighted by molar-refractivity contribution is 7.89. The topological polar surface area (TPSA) is 95.6 Å². The number of nitrogens with zero attached hydrogens (tertiary/aromatic N) is 1. The van der Waals surface area contributed by atoms with Crippen LogP contribution in [0.25, 0.3) is 0 Å². The summed E-state index contributed by atoms with van der Waals surface area (Å²) in [6.07, 6.45) is 3.65. The van der Waals surface area contributed by atoms with Gasteiger partial charge in [0.05, 0.1) is 4.90 Å². The van der Waals surface area contributed by atoms with E-state index in [1.54, 1.807) is 24.3 Å². The summed E-state index contributed by atoms with van der Waals surface area (Å²) in [7, 11) is -3.52. The molecule has 1 aliphatic heterocycles. The van der Waals surface area contributed by atoms with Crippen LogP contribution in [0.2, 0.25) is 0 Å². The third kappa shape index (κ3) is 6.42. The molecule has 0 aromatic heterocycles. The Morgan fingerprint density at radius 1 is 1.15 bits per heavy atom. The average molecular weight is 381 g/mol. The molecule has 1 aliphatic rings. The molecule has 2 N–H and O–H groups in total. The highest BCUT2D eigenvalue weighted by Crippen LogP contribution is 2.14. The lowest BCUT2D eigenvalue weighted by Crippen LogP contribution is -2.27. The Hall–Kier alpha value is -1.93. The van der Waals surface area contributed by atoms with Gasteiger partial charge in [-0.25, -0.2) is 13.1 Å². The number of sulfonamides is 1. The maximum atomic E-state index is 12.3. The van der Waals surface area contributed by atoms with E-state index in [0.29, 0.717) is 32.5 Å². The quantitative estimate of drug-likeness (QED) is 0.592. The van der Waals surface area contributed by atoms with Crippen molar-refractivity contribution in [2.45, 2.75) is 43.9 Å². The lowest BCUT2D eigenvalue weighted by atomic mass is 10.1. The molecule has 0 unspecified atom stereocenters. The number of hydrogen-bond acceptors (Lipinski definition) is 4. The van der Waals surface area contributed by atoms with Gasteiger partial charge < -0.3 is 10.2 Å². The van der Waals surface area contributed by atoms with E-state index in [9.17, 15) is 18.0 Å². The number of nitrogens with one attached hydrogen (secondary N) is 2. The number of benzene rings is 1. The Kier molecular flexibility index (Phi) is 7.59. The second-order valence-electron chi connectivity index (χ2n) is 6.47. The first kappa shape index (κ1) is 20.4. The van der Waals surface area contributed by atoms with E-state index in [0.717, 1.165) is 31.4 Å². The first-order valence-electron chi connectivity index (χ1n) is 8.99. The molecule has 2 rings (SSSR count). The number of likely N-dealkylation sites (tertiary alicyclic amines) is 1. The molecule has 0 saturated carbocycles. The summed E-state index contributed by atoms with van der Waals surface area (Å²) in [5, 5.41) is 2.68. The molecule has 7 nitrogen and oxygen atoms in total. The number of hydrogen-bond donors (Lipinski definition) is 2. The third-order valence-corrected chi connectivity index (χ3v) is 5.82. The second-order valence-corrected chi connectivity index (χ2v) is 8.23. The highest BCUT2D eigenvalue weighted by Gasteiger charge is 2.19. The molecule has 0 spiro atoms. The number of amides is 2. The monoisotopic (exact) mass is 381 g/mol. The summed E-state index contributed by atoms with van der Waals surface area (Å²) in [5.41, 5.74) is 1.01. The van der Waals surface area contributed by atoms with Crippen LogP contribution in [0.1, 0.15) is 38.2 Å². The summed E-state index contributed by atoms with van der Waals surface area (Å²) in [4.78, 5) is 24.4. The zero-order valence-electron chi connectivity index (χ0n) is 15.2. The standard InChI is InChI=1S/C18H27N3O4S/c1-15(22)19-11-2-3-12-20-26(24,25)17-8-6-16(7-9-17)10-14-21-13-4-5-18(21)23/h6-9,20H,2-5,10-14H2,1H3,(H,19,22). The van der Waals surface area contributed by atoms with Gasteiger partial charge in [0, 0.05) is 39.5 Å². The van der Waals surface area contributed by atoms with E-state index >= 15 is 0 Å². The summed E-state index contributed by atoms with van der Waals surface area (Å²) in [6.45, 7) is 3.83. The van der Waals surface area contributed by atoms with E-state index in [4.69, 9.17) is 0 Å². The molecule has 1 saturated heterocycles.